The van der Waals surface area contributed by atoms with Gasteiger partial charge in [-0.15, -0.1) is 0 Å². The van der Waals surface area contributed by atoms with E-state index in [4.69, 9.17) is 4.74 Å². The quantitative estimate of drug-likeness (QED) is 0.879. The molecular weight excluding hydrogens is 249 g/mol. The molecule has 0 aromatic carbocycles. The minimum atomic E-state index is -0.430. The van der Waals surface area contributed by atoms with E-state index >= 15 is 0 Å². The molecule has 0 aliphatic carbocycles. The lowest BCUT2D eigenvalue weighted by Gasteiger charge is -2.22. The number of amides is 2. The van der Waals surface area contributed by atoms with Crippen molar-refractivity contribution in [3.8, 4) is 0 Å². The fraction of sp³-hybridized carbons (Fsp3) is 0.538. The largest absolute Gasteiger partial charge is 0.378 e. The fourth-order valence-corrected chi connectivity index (χ4v) is 1.99. The van der Waals surface area contributed by atoms with Gasteiger partial charge in [-0.1, -0.05) is 0 Å². The van der Waals surface area contributed by atoms with E-state index in [2.05, 4.69) is 15.6 Å². The number of pyridine rings is 1. The third-order valence-electron chi connectivity index (χ3n) is 2.99. The number of nitrogens with one attached hydrogen (secondary N) is 2. The highest BCUT2D eigenvalue weighted by Gasteiger charge is 2.13. The topological polar surface area (TPSA) is 63.2 Å². The maximum absolute atomic E-state index is 12.6. The molecule has 1 aromatic heterocycles. The third kappa shape index (κ3) is 4.82. The van der Waals surface area contributed by atoms with Crippen LogP contribution in [0.5, 0.6) is 0 Å². The first-order valence-electron chi connectivity index (χ1n) is 6.52. The molecule has 1 fully saturated rings. The summed E-state index contributed by atoms with van der Waals surface area (Å²) in [6.07, 6.45) is 5.49. The van der Waals surface area contributed by atoms with Crippen LogP contribution in [0.4, 0.5) is 15.0 Å². The van der Waals surface area contributed by atoms with Gasteiger partial charge in [0, 0.05) is 13.2 Å². The summed E-state index contributed by atoms with van der Waals surface area (Å²) in [6, 6.07) is 2.33. The van der Waals surface area contributed by atoms with Crippen LogP contribution in [0, 0.1) is 5.82 Å². The zero-order chi connectivity index (χ0) is 13.5. The smallest absolute Gasteiger partial charge is 0.320 e. The second-order valence-corrected chi connectivity index (χ2v) is 4.52. The number of ether oxygens (including phenoxy) is 1. The second kappa shape index (κ2) is 7.04. The number of hydrogen-bond donors (Lipinski definition) is 2. The van der Waals surface area contributed by atoms with Crippen LogP contribution in [0.2, 0.25) is 0 Å². The molecule has 1 atom stereocenters. The van der Waals surface area contributed by atoms with Crippen LogP contribution in [0.3, 0.4) is 0 Å². The van der Waals surface area contributed by atoms with Crippen molar-refractivity contribution in [2.24, 2.45) is 0 Å². The number of aromatic nitrogens is 1. The molecule has 0 saturated carbocycles. The van der Waals surface area contributed by atoms with E-state index in [1.807, 2.05) is 0 Å². The van der Waals surface area contributed by atoms with Gasteiger partial charge in [-0.25, -0.2) is 14.2 Å². The molecule has 1 aliphatic heterocycles. The Hall–Kier alpha value is -1.69. The lowest BCUT2D eigenvalue weighted by Crippen LogP contribution is -2.32. The van der Waals surface area contributed by atoms with E-state index in [1.165, 1.54) is 18.6 Å². The average molecular weight is 267 g/mol. The number of nitrogens with zero attached hydrogens (tertiary/aromatic N) is 1. The molecule has 1 aromatic rings. The van der Waals surface area contributed by atoms with Gasteiger partial charge in [0.2, 0.25) is 0 Å². The standard InChI is InChI=1S/C13H18FN3O2/c14-10-4-5-12(16-9-10)17-13(18)15-7-6-11-3-1-2-8-19-11/h4-5,9,11H,1-3,6-8H2,(H2,15,16,17,18). The third-order valence-corrected chi connectivity index (χ3v) is 2.99. The van der Waals surface area contributed by atoms with Crippen molar-refractivity contribution in [1.82, 2.24) is 10.3 Å². The van der Waals surface area contributed by atoms with E-state index in [0.29, 0.717) is 12.4 Å². The highest BCUT2D eigenvalue weighted by Crippen LogP contribution is 2.14. The zero-order valence-electron chi connectivity index (χ0n) is 10.7. The molecule has 1 saturated heterocycles. The molecule has 0 radical (unpaired) electrons. The Morgan fingerprint density at radius 1 is 1.47 bits per heavy atom. The van der Waals surface area contributed by atoms with Gasteiger partial charge in [-0.2, -0.15) is 0 Å². The monoisotopic (exact) mass is 267 g/mol. The van der Waals surface area contributed by atoms with Crippen LogP contribution in [-0.2, 0) is 4.74 Å². The predicted molar refractivity (Wildman–Crippen MR) is 69.4 cm³/mol. The van der Waals surface area contributed by atoms with Crippen LogP contribution in [-0.4, -0.2) is 30.3 Å². The van der Waals surface area contributed by atoms with Crippen molar-refractivity contribution in [2.75, 3.05) is 18.5 Å². The SMILES string of the molecule is O=C(NCCC1CCCCO1)Nc1ccc(F)cn1. The summed E-state index contributed by atoms with van der Waals surface area (Å²) in [6.45, 7) is 1.37. The Bertz CT molecular complexity index is 405. The molecule has 2 heterocycles. The Balaban J connectivity index is 1.65. The van der Waals surface area contributed by atoms with E-state index in [9.17, 15) is 9.18 Å². The van der Waals surface area contributed by atoms with Gasteiger partial charge in [0.25, 0.3) is 0 Å². The van der Waals surface area contributed by atoms with Gasteiger partial charge >= 0.3 is 6.03 Å². The summed E-state index contributed by atoms with van der Waals surface area (Å²) < 4.78 is 18.2. The van der Waals surface area contributed by atoms with Gasteiger partial charge in [-0.05, 0) is 37.8 Å². The molecule has 6 heteroatoms. The molecule has 0 spiro atoms. The number of anilines is 1. The number of urea groups is 1. The van der Waals surface area contributed by atoms with Gasteiger partial charge in [0.05, 0.1) is 12.3 Å². The first-order valence-corrected chi connectivity index (χ1v) is 6.52. The number of carbonyl (C=O) groups is 1. The Labute approximate surface area is 111 Å². The maximum Gasteiger partial charge on any atom is 0.320 e. The molecule has 1 aliphatic rings. The average Bonchev–Trinajstić information content (AvgIpc) is 2.43. The van der Waals surface area contributed by atoms with E-state index in [1.54, 1.807) is 0 Å². The van der Waals surface area contributed by atoms with Crippen LogP contribution < -0.4 is 10.6 Å². The Morgan fingerprint density at radius 3 is 3.05 bits per heavy atom. The van der Waals surface area contributed by atoms with Crippen molar-refractivity contribution in [1.29, 1.82) is 0 Å². The summed E-state index contributed by atoms with van der Waals surface area (Å²) in [7, 11) is 0. The maximum atomic E-state index is 12.6. The molecular formula is C13H18FN3O2. The fourth-order valence-electron chi connectivity index (χ4n) is 1.99. The Kier molecular flexibility index (Phi) is 5.09. The molecule has 2 N–H and O–H groups in total. The van der Waals surface area contributed by atoms with Crippen molar-refractivity contribution >= 4 is 11.8 Å². The normalized spacial score (nSPS) is 18.9. The van der Waals surface area contributed by atoms with E-state index in [-0.39, 0.29) is 12.1 Å². The van der Waals surface area contributed by atoms with E-state index in [0.717, 1.165) is 32.1 Å². The summed E-state index contributed by atoms with van der Waals surface area (Å²) >= 11 is 0. The van der Waals surface area contributed by atoms with Crippen molar-refractivity contribution in [3.05, 3.63) is 24.1 Å². The van der Waals surface area contributed by atoms with Gasteiger partial charge in [0.1, 0.15) is 11.6 Å². The predicted octanol–water partition coefficient (Wildman–Crippen LogP) is 2.30. The Morgan fingerprint density at radius 2 is 2.37 bits per heavy atom. The lowest BCUT2D eigenvalue weighted by atomic mass is 10.1. The lowest BCUT2D eigenvalue weighted by molar-refractivity contribution is 0.0120. The number of hydrogen-bond acceptors (Lipinski definition) is 3. The van der Waals surface area contributed by atoms with Crippen LogP contribution >= 0.6 is 0 Å². The minimum absolute atomic E-state index is 0.248. The summed E-state index contributed by atoms with van der Waals surface area (Å²) in [5.41, 5.74) is 0. The molecule has 104 valence electrons. The molecule has 2 amide bonds. The summed E-state index contributed by atoms with van der Waals surface area (Å²) in [5.74, 6) is -0.103. The van der Waals surface area contributed by atoms with Crippen molar-refractivity contribution in [3.63, 3.8) is 0 Å². The number of rotatable bonds is 4. The van der Waals surface area contributed by atoms with Gasteiger partial charge < -0.3 is 10.1 Å². The molecule has 5 nitrogen and oxygen atoms in total. The molecule has 19 heavy (non-hydrogen) atoms. The first kappa shape index (κ1) is 13.7. The van der Waals surface area contributed by atoms with Crippen molar-refractivity contribution < 1.29 is 13.9 Å². The van der Waals surface area contributed by atoms with Crippen LogP contribution in [0.1, 0.15) is 25.7 Å². The van der Waals surface area contributed by atoms with Crippen molar-refractivity contribution in [2.45, 2.75) is 31.8 Å². The summed E-state index contributed by atoms with van der Waals surface area (Å²) in [5, 5.41) is 5.27. The minimum Gasteiger partial charge on any atom is -0.378 e. The zero-order valence-corrected chi connectivity index (χ0v) is 10.7. The number of carbonyl (C=O) groups excluding carboxylic acids is 1. The van der Waals surface area contributed by atoms with Crippen LogP contribution in [0.15, 0.2) is 18.3 Å². The molecule has 2 rings (SSSR count). The second-order valence-electron chi connectivity index (χ2n) is 4.52. The van der Waals surface area contributed by atoms with Gasteiger partial charge in [0.15, 0.2) is 0 Å². The first-order chi connectivity index (χ1) is 9.24. The highest BCUT2D eigenvalue weighted by atomic mass is 19.1. The molecule has 1 unspecified atom stereocenters. The summed E-state index contributed by atoms with van der Waals surface area (Å²) in [4.78, 5) is 15.3. The molecule has 0 bridgehead atoms. The number of halogens is 1. The van der Waals surface area contributed by atoms with Crippen LogP contribution in [0.25, 0.3) is 0 Å². The van der Waals surface area contributed by atoms with E-state index < -0.39 is 5.82 Å². The van der Waals surface area contributed by atoms with Gasteiger partial charge in [-0.3, -0.25) is 5.32 Å². The highest BCUT2D eigenvalue weighted by molar-refractivity contribution is 5.88.